The third kappa shape index (κ3) is 3.97. The molecule has 0 spiro atoms. The van der Waals surface area contributed by atoms with Crippen LogP contribution in [-0.4, -0.2) is 33.4 Å². The van der Waals surface area contributed by atoms with Gasteiger partial charge in [0.25, 0.3) is 0 Å². The molecule has 0 amide bonds. The molecule has 0 saturated carbocycles. The van der Waals surface area contributed by atoms with Crippen LogP contribution in [0, 0.1) is 18.3 Å². The smallest absolute Gasteiger partial charge is 0.234 e. The van der Waals surface area contributed by atoms with Crippen molar-refractivity contribution in [1.82, 2.24) is 19.5 Å². The standard InChI is InChI=1S/C22H20N6O3/c1-14-5-6-16(31-13-29-2)8-18(14)28-21(24)17(9-23)20-22(28)27-19(11-26-20)30-12-15-4-3-7-25-10-15/h3-8,10-11H,12-13,24H2,1-2H3. The lowest BCUT2D eigenvalue weighted by Gasteiger charge is -2.13. The number of aromatic nitrogens is 4. The minimum absolute atomic E-state index is 0.111. The highest BCUT2D eigenvalue weighted by molar-refractivity contribution is 5.88. The monoisotopic (exact) mass is 416 g/mol. The van der Waals surface area contributed by atoms with Gasteiger partial charge >= 0.3 is 0 Å². The van der Waals surface area contributed by atoms with Crippen molar-refractivity contribution in [2.45, 2.75) is 13.5 Å². The summed E-state index contributed by atoms with van der Waals surface area (Å²) in [6, 6.07) is 11.4. The highest BCUT2D eigenvalue weighted by Crippen LogP contribution is 2.32. The maximum absolute atomic E-state index is 9.65. The molecule has 0 atom stereocenters. The summed E-state index contributed by atoms with van der Waals surface area (Å²) in [5, 5.41) is 9.65. The zero-order chi connectivity index (χ0) is 21.8. The van der Waals surface area contributed by atoms with Crippen molar-refractivity contribution in [3.63, 3.8) is 0 Å². The first-order chi connectivity index (χ1) is 15.1. The second kappa shape index (κ2) is 8.69. The van der Waals surface area contributed by atoms with Gasteiger partial charge in [0, 0.05) is 31.1 Å². The number of hydrogen-bond acceptors (Lipinski definition) is 8. The van der Waals surface area contributed by atoms with Gasteiger partial charge in [-0.3, -0.25) is 9.55 Å². The Morgan fingerprint density at radius 3 is 2.81 bits per heavy atom. The molecule has 0 radical (unpaired) electrons. The largest absolute Gasteiger partial charge is 0.472 e. The Labute approximate surface area is 178 Å². The number of nitrogens with two attached hydrogens (primary N) is 1. The van der Waals surface area contributed by atoms with E-state index in [2.05, 4.69) is 21.0 Å². The molecule has 156 valence electrons. The van der Waals surface area contributed by atoms with Gasteiger partial charge in [-0.2, -0.15) is 10.2 Å². The van der Waals surface area contributed by atoms with Gasteiger partial charge in [0.05, 0.1) is 11.9 Å². The van der Waals surface area contributed by atoms with Gasteiger partial charge < -0.3 is 19.9 Å². The third-order valence-electron chi connectivity index (χ3n) is 4.66. The van der Waals surface area contributed by atoms with Gasteiger partial charge in [-0.05, 0) is 24.6 Å². The molecule has 0 saturated heterocycles. The van der Waals surface area contributed by atoms with Gasteiger partial charge in [-0.1, -0.05) is 12.1 Å². The SMILES string of the molecule is COCOc1ccc(C)c(-n2c(N)c(C#N)c3ncc(OCc4cccnc4)nc32)c1. The molecule has 0 fully saturated rings. The van der Waals surface area contributed by atoms with Crippen molar-refractivity contribution in [3.05, 3.63) is 65.6 Å². The number of rotatable bonds is 7. The Bertz CT molecular complexity index is 1260. The number of fused-ring (bicyclic) bond motifs is 1. The molecule has 4 rings (SSSR count). The van der Waals surface area contributed by atoms with Crippen molar-refractivity contribution < 1.29 is 14.2 Å². The number of benzene rings is 1. The normalized spacial score (nSPS) is 10.7. The molecule has 2 N–H and O–H groups in total. The van der Waals surface area contributed by atoms with Crippen molar-refractivity contribution in [2.75, 3.05) is 19.6 Å². The van der Waals surface area contributed by atoms with E-state index in [-0.39, 0.29) is 24.8 Å². The fraction of sp³-hybridized carbons (Fsp3) is 0.182. The number of nitriles is 1. The van der Waals surface area contributed by atoms with Crippen molar-refractivity contribution in [2.24, 2.45) is 0 Å². The summed E-state index contributed by atoms with van der Waals surface area (Å²) in [6.07, 6.45) is 4.89. The molecule has 0 aliphatic carbocycles. The van der Waals surface area contributed by atoms with E-state index in [0.29, 0.717) is 22.8 Å². The zero-order valence-corrected chi connectivity index (χ0v) is 17.1. The van der Waals surface area contributed by atoms with E-state index in [0.717, 1.165) is 16.8 Å². The molecule has 9 nitrogen and oxygen atoms in total. The van der Waals surface area contributed by atoms with Crippen LogP contribution in [0.25, 0.3) is 16.9 Å². The number of nitrogens with zero attached hydrogens (tertiary/aromatic N) is 5. The molecular formula is C22H20N6O3. The fourth-order valence-electron chi connectivity index (χ4n) is 3.15. The van der Waals surface area contributed by atoms with E-state index in [1.165, 1.54) is 6.20 Å². The summed E-state index contributed by atoms with van der Waals surface area (Å²) in [4.78, 5) is 13.1. The first-order valence-corrected chi connectivity index (χ1v) is 9.44. The van der Waals surface area contributed by atoms with Crippen LogP contribution in [0.3, 0.4) is 0 Å². The third-order valence-corrected chi connectivity index (χ3v) is 4.66. The van der Waals surface area contributed by atoms with Crippen LogP contribution in [0.1, 0.15) is 16.7 Å². The Hall–Kier alpha value is -4.16. The highest BCUT2D eigenvalue weighted by Gasteiger charge is 2.21. The van der Waals surface area contributed by atoms with Crippen LogP contribution in [-0.2, 0) is 11.3 Å². The maximum atomic E-state index is 9.65. The first kappa shape index (κ1) is 20.1. The molecule has 4 aromatic rings. The fourth-order valence-corrected chi connectivity index (χ4v) is 3.15. The van der Waals surface area contributed by atoms with Crippen LogP contribution in [0.5, 0.6) is 11.6 Å². The summed E-state index contributed by atoms with van der Waals surface area (Å²) < 4.78 is 18.0. The van der Waals surface area contributed by atoms with Gasteiger partial charge in [0.1, 0.15) is 35.3 Å². The van der Waals surface area contributed by atoms with Gasteiger partial charge in [0.15, 0.2) is 12.4 Å². The summed E-state index contributed by atoms with van der Waals surface area (Å²) in [6.45, 7) is 2.33. The van der Waals surface area contributed by atoms with E-state index in [9.17, 15) is 5.26 Å². The maximum Gasteiger partial charge on any atom is 0.234 e. The Balaban J connectivity index is 1.79. The number of aryl methyl sites for hydroxylation is 1. The van der Waals surface area contributed by atoms with Crippen LogP contribution < -0.4 is 15.2 Å². The molecular weight excluding hydrogens is 396 g/mol. The van der Waals surface area contributed by atoms with E-state index >= 15 is 0 Å². The van der Waals surface area contributed by atoms with E-state index < -0.39 is 0 Å². The minimum atomic E-state index is 0.111. The molecule has 0 aliphatic heterocycles. The van der Waals surface area contributed by atoms with Gasteiger partial charge in [-0.25, -0.2) is 4.98 Å². The topological polar surface area (TPSA) is 121 Å². The van der Waals surface area contributed by atoms with Crippen molar-refractivity contribution in [1.29, 1.82) is 5.26 Å². The Kier molecular flexibility index (Phi) is 5.64. The molecule has 3 aromatic heterocycles. The van der Waals surface area contributed by atoms with Crippen LogP contribution >= 0.6 is 0 Å². The average molecular weight is 416 g/mol. The number of ether oxygens (including phenoxy) is 3. The van der Waals surface area contributed by atoms with Crippen molar-refractivity contribution >= 4 is 17.0 Å². The summed E-state index contributed by atoms with van der Waals surface area (Å²) in [5.74, 6) is 1.15. The number of nitrogen functional groups attached to an aromatic ring is 1. The molecule has 0 aliphatic rings. The van der Waals surface area contributed by atoms with Gasteiger partial charge in [-0.15, -0.1) is 0 Å². The lowest BCUT2D eigenvalue weighted by Crippen LogP contribution is -2.06. The summed E-state index contributed by atoms with van der Waals surface area (Å²) in [7, 11) is 1.55. The zero-order valence-electron chi connectivity index (χ0n) is 17.1. The molecule has 31 heavy (non-hydrogen) atoms. The molecule has 3 heterocycles. The summed E-state index contributed by atoms with van der Waals surface area (Å²) in [5.41, 5.74) is 9.95. The van der Waals surface area contributed by atoms with E-state index in [1.807, 2.05) is 37.3 Å². The number of pyridine rings is 1. The average Bonchev–Trinajstić information content (AvgIpc) is 3.08. The predicted octanol–water partition coefficient (Wildman–Crippen LogP) is 3.14. The van der Waals surface area contributed by atoms with E-state index in [1.54, 1.807) is 24.1 Å². The first-order valence-electron chi connectivity index (χ1n) is 9.44. The molecule has 0 bridgehead atoms. The second-order valence-corrected chi connectivity index (χ2v) is 6.74. The number of hydrogen-bond donors (Lipinski definition) is 1. The predicted molar refractivity (Wildman–Crippen MR) is 114 cm³/mol. The summed E-state index contributed by atoms with van der Waals surface area (Å²) >= 11 is 0. The van der Waals surface area contributed by atoms with Crippen LogP contribution in [0.15, 0.2) is 48.9 Å². The van der Waals surface area contributed by atoms with Crippen molar-refractivity contribution in [3.8, 4) is 23.4 Å². The minimum Gasteiger partial charge on any atom is -0.472 e. The van der Waals surface area contributed by atoms with Crippen LogP contribution in [0.2, 0.25) is 0 Å². The second-order valence-electron chi connectivity index (χ2n) is 6.74. The lowest BCUT2D eigenvalue weighted by atomic mass is 10.2. The van der Waals surface area contributed by atoms with Gasteiger partial charge in [0.2, 0.25) is 5.88 Å². The molecule has 0 unspecified atom stereocenters. The lowest BCUT2D eigenvalue weighted by molar-refractivity contribution is 0.0511. The number of anilines is 1. The quantitative estimate of drug-likeness (QED) is 0.456. The Morgan fingerprint density at radius 1 is 1.19 bits per heavy atom. The molecule has 1 aromatic carbocycles. The molecule has 9 heteroatoms. The number of methoxy groups -OCH3 is 1. The van der Waals surface area contributed by atoms with E-state index in [4.69, 9.17) is 19.9 Å². The highest BCUT2D eigenvalue weighted by atomic mass is 16.7. The van der Waals surface area contributed by atoms with Crippen LogP contribution in [0.4, 0.5) is 5.82 Å². The Morgan fingerprint density at radius 2 is 2.06 bits per heavy atom.